The molecule has 244 valence electrons. The number of nitrogens with zero attached hydrogens (tertiary/aromatic N) is 1. The van der Waals surface area contributed by atoms with E-state index in [1.807, 2.05) is 51.1 Å². The van der Waals surface area contributed by atoms with E-state index in [1.54, 1.807) is 70.3 Å². The van der Waals surface area contributed by atoms with Crippen LogP contribution in [0.4, 0.5) is 9.18 Å². The van der Waals surface area contributed by atoms with E-state index < -0.39 is 29.2 Å². The van der Waals surface area contributed by atoms with E-state index in [1.165, 1.54) is 0 Å². The van der Waals surface area contributed by atoms with Crippen molar-refractivity contribution in [3.63, 3.8) is 0 Å². The van der Waals surface area contributed by atoms with Crippen LogP contribution in [0.5, 0.6) is 11.5 Å². The Morgan fingerprint density at radius 3 is 2.33 bits per heavy atom. The molecule has 10 heteroatoms. The Morgan fingerprint density at radius 1 is 0.891 bits per heavy atom. The lowest BCUT2D eigenvalue weighted by molar-refractivity contribution is -0.153. The molecule has 4 rings (SSSR count). The van der Waals surface area contributed by atoms with Crippen LogP contribution in [0.3, 0.4) is 0 Å². The fourth-order valence-corrected chi connectivity index (χ4v) is 4.66. The molecule has 0 unspecified atom stereocenters. The van der Waals surface area contributed by atoms with Gasteiger partial charge in [0, 0.05) is 22.9 Å². The molecule has 1 aromatic heterocycles. The predicted octanol–water partition coefficient (Wildman–Crippen LogP) is 7.84. The van der Waals surface area contributed by atoms with Gasteiger partial charge in [-0.05, 0) is 89.9 Å². The number of nitrogens with one attached hydrogen (secondary N) is 2. The van der Waals surface area contributed by atoms with Gasteiger partial charge in [-0.3, -0.25) is 9.89 Å². The number of H-pyrrole nitrogens is 1. The summed E-state index contributed by atoms with van der Waals surface area (Å²) in [6.07, 6.45) is 1.06. The molecule has 1 atom stereocenters. The normalized spacial score (nSPS) is 12.3. The Kier molecular flexibility index (Phi) is 10.7. The van der Waals surface area contributed by atoms with Crippen LogP contribution in [0.2, 0.25) is 0 Å². The number of aromatic amines is 1. The molecule has 0 aliphatic rings. The van der Waals surface area contributed by atoms with Crippen molar-refractivity contribution in [2.45, 2.75) is 85.3 Å². The lowest BCUT2D eigenvalue weighted by atomic mass is 9.97. The molecule has 4 aromatic rings. The van der Waals surface area contributed by atoms with Gasteiger partial charge in [0.05, 0.1) is 18.2 Å². The maximum atomic E-state index is 16.1. The Labute approximate surface area is 269 Å². The highest BCUT2D eigenvalue weighted by molar-refractivity contribution is 5.74. The summed E-state index contributed by atoms with van der Waals surface area (Å²) in [5.41, 5.74) is 2.09. The van der Waals surface area contributed by atoms with Gasteiger partial charge < -0.3 is 24.3 Å². The summed E-state index contributed by atoms with van der Waals surface area (Å²) >= 11 is 0. The van der Waals surface area contributed by atoms with E-state index in [9.17, 15) is 9.59 Å². The second-order valence-electron chi connectivity index (χ2n) is 13.0. The van der Waals surface area contributed by atoms with Gasteiger partial charge in [-0.2, -0.15) is 5.10 Å². The van der Waals surface area contributed by atoms with E-state index in [-0.39, 0.29) is 25.6 Å². The summed E-state index contributed by atoms with van der Waals surface area (Å²) in [4.78, 5) is 24.9. The number of carbonyl (C=O) groups excluding carboxylic acids is 2. The Hall–Kier alpha value is -4.86. The lowest BCUT2D eigenvalue weighted by Gasteiger charge is -2.22. The van der Waals surface area contributed by atoms with Crippen molar-refractivity contribution < 1.29 is 32.9 Å². The number of ether oxygens (including phenoxy) is 4. The number of alkyl carbamates (subject to hydrolysis) is 1. The predicted molar refractivity (Wildman–Crippen MR) is 173 cm³/mol. The molecular formula is C36H42FN3O6. The van der Waals surface area contributed by atoms with Crippen LogP contribution in [0, 0.1) is 5.82 Å². The summed E-state index contributed by atoms with van der Waals surface area (Å²) in [5, 5.41) is 9.54. The molecule has 1 amide bonds. The van der Waals surface area contributed by atoms with Gasteiger partial charge in [-0.25, -0.2) is 9.18 Å². The zero-order valence-corrected chi connectivity index (χ0v) is 27.4. The molecule has 1 heterocycles. The van der Waals surface area contributed by atoms with Crippen LogP contribution in [0.15, 0.2) is 72.9 Å². The molecule has 0 bridgehead atoms. The molecule has 0 aliphatic heterocycles. The summed E-state index contributed by atoms with van der Waals surface area (Å²) in [7, 11) is 0. The second kappa shape index (κ2) is 14.5. The van der Waals surface area contributed by atoms with Gasteiger partial charge in [0.15, 0.2) is 0 Å². The van der Waals surface area contributed by atoms with Crippen molar-refractivity contribution >= 4 is 12.1 Å². The molecule has 0 fully saturated rings. The highest BCUT2D eigenvalue weighted by Gasteiger charge is 2.22. The topological polar surface area (TPSA) is 112 Å². The SMILES string of the molecule is C[C@@H](NC(=O)OC(C)(C)C)c1cccc(-c2cc(COc3ccccc3CC(=O)OC(C)(C)C)cc(OCc3ccn[nH]3)c2)c1F. The van der Waals surface area contributed by atoms with Crippen molar-refractivity contribution in [3.05, 3.63) is 101 Å². The standard InChI is InChI=1S/C36H42FN3O6/c1-23(39-34(42)46-36(5,6)7)29-12-10-13-30(33(29)37)26-17-24(18-28(19-26)43-22-27-15-16-38-40-27)21-44-31-14-9-8-11-25(31)20-32(41)45-35(2,3)4/h8-19,23H,20-22H2,1-7H3,(H,38,40)(H,39,42)/t23-/m1/s1. The largest absolute Gasteiger partial charge is 0.489 e. The Morgan fingerprint density at radius 2 is 1.63 bits per heavy atom. The number of esters is 1. The van der Waals surface area contributed by atoms with E-state index in [4.69, 9.17) is 18.9 Å². The quantitative estimate of drug-likeness (QED) is 0.162. The zero-order valence-electron chi connectivity index (χ0n) is 27.4. The van der Waals surface area contributed by atoms with Gasteiger partial charge in [-0.1, -0.05) is 36.4 Å². The molecule has 2 N–H and O–H groups in total. The summed E-state index contributed by atoms with van der Waals surface area (Å²) < 4.78 is 39.2. The summed E-state index contributed by atoms with van der Waals surface area (Å²) in [6.45, 7) is 12.8. The fraction of sp³-hybridized carbons (Fsp3) is 0.361. The van der Waals surface area contributed by atoms with Gasteiger partial charge in [0.2, 0.25) is 0 Å². The first-order valence-corrected chi connectivity index (χ1v) is 15.1. The first kappa shape index (κ1) is 34.0. The molecule has 0 saturated heterocycles. The number of aromatic nitrogens is 2. The second-order valence-corrected chi connectivity index (χ2v) is 13.0. The monoisotopic (exact) mass is 631 g/mol. The number of carbonyl (C=O) groups is 2. The number of amides is 1. The highest BCUT2D eigenvalue weighted by Crippen LogP contribution is 2.33. The minimum Gasteiger partial charge on any atom is -0.489 e. The van der Waals surface area contributed by atoms with Gasteiger partial charge in [0.1, 0.15) is 41.7 Å². The van der Waals surface area contributed by atoms with Crippen molar-refractivity contribution in [2.24, 2.45) is 0 Å². The minimum absolute atomic E-state index is 0.0551. The zero-order chi connectivity index (χ0) is 33.5. The van der Waals surface area contributed by atoms with Gasteiger partial charge in [-0.15, -0.1) is 0 Å². The summed E-state index contributed by atoms with van der Waals surface area (Å²) in [6, 6.07) is 18.9. The Balaban J connectivity index is 1.61. The molecule has 3 aromatic carbocycles. The van der Waals surface area contributed by atoms with E-state index in [0.717, 1.165) is 5.69 Å². The number of halogens is 1. The van der Waals surface area contributed by atoms with Crippen LogP contribution in [0.25, 0.3) is 11.1 Å². The first-order chi connectivity index (χ1) is 21.7. The van der Waals surface area contributed by atoms with Crippen molar-refractivity contribution in [1.82, 2.24) is 15.5 Å². The molecule has 0 saturated carbocycles. The third kappa shape index (κ3) is 10.1. The minimum atomic E-state index is -0.685. The van der Waals surface area contributed by atoms with E-state index in [2.05, 4.69) is 15.5 Å². The average molecular weight is 632 g/mol. The van der Waals surface area contributed by atoms with Crippen LogP contribution in [0.1, 0.15) is 76.9 Å². The maximum absolute atomic E-state index is 16.1. The fourth-order valence-electron chi connectivity index (χ4n) is 4.66. The van der Waals surface area contributed by atoms with Crippen LogP contribution >= 0.6 is 0 Å². The van der Waals surface area contributed by atoms with E-state index >= 15 is 4.39 Å². The lowest BCUT2D eigenvalue weighted by Crippen LogP contribution is -2.34. The molecular weight excluding hydrogens is 589 g/mol. The molecule has 0 radical (unpaired) electrons. The highest BCUT2D eigenvalue weighted by atomic mass is 19.1. The number of hydrogen-bond donors (Lipinski definition) is 2. The average Bonchev–Trinajstić information content (AvgIpc) is 3.47. The van der Waals surface area contributed by atoms with Crippen LogP contribution < -0.4 is 14.8 Å². The van der Waals surface area contributed by atoms with E-state index in [0.29, 0.717) is 39.3 Å². The number of rotatable bonds is 11. The maximum Gasteiger partial charge on any atom is 0.408 e. The van der Waals surface area contributed by atoms with Crippen molar-refractivity contribution in [1.29, 1.82) is 0 Å². The molecule has 0 spiro atoms. The molecule has 9 nitrogen and oxygen atoms in total. The summed E-state index contributed by atoms with van der Waals surface area (Å²) in [5.74, 6) is 0.198. The van der Waals surface area contributed by atoms with Gasteiger partial charge >= 0.3 is 12.1 Å². The molecule has 46 heavy (non-hydrogen) atoms. The Bertz CT molecular complexity index is 1640. The number of hydrogen-bond acceptors (Lipinski definition) is 7. The van der Waals surface area contributed by atoms with Gasteiger partial charge in [0.25, 0.3) is 0 Å². The first-order valence-electron chi connectivity index (χ1n) is 15.1. The van der Waals surface area contributed by atoms with Crippen LogP contribution in [-0.4, -0.2) is 33.5 Å². The number of para-hydroxylation sites is 1. The van der Waals surface area contributed by atoms with Crippen LogP contribution in [-0.2, 0) is 33.9 Å². The third-order valence-electron chi connectivity index (χ3n) is 6.58. The van der Waals surface area contributed by atoms with Crippen molar-refractivity contribution in [3.8, 4) is 22.6 Å². The molecule has 0 aliphatic carbocycles. The number of benzene rings is 3. The van der Waals surface area contributed by atoms with Crippen molar-refractivity contribution in [2.75, 3.05) is 0 Å². The third-order valence-corrected chi connectivity index (χ3v) is 6.58. The smallest absolute Gasteiger partial charge is 0.408 e.